The lowest BCUT2D eigenvalue weighted by Gasteiger charge is -2.10. The van der Waals surface area contributed by atoms with E-state index in [1.165, 1.54) is 19.2 Å². The van der Waals surface area contributed by atoms with Crippen LogP contribution in [0.4, 0.5) is 14.5 Å². The van der Waals surface area contributed by atoms with E-state index in [1.807, 2.05) is 0 Å². The number of alkyl halides is 2. The van der Waals surface area contributed by atoms with Crippen LogP contribution in [0.5, 0.6) is 11.5 Å². The van der Waals surface area contributed by atoms with Crippen molar-refractivity contribution >= 4 is 21.6 Å². The number of anilines is 1. The molecule has 6 heteroatoms. The number of benzene rings is 1. The Bertz CT molecular complexity index is 333. The fraction of sp³-hybridized carbons (Fsp3) is 0.250. The molecule has 0 radical (unpaired) electrons. The molecule has 0 saturated carbocycles. The Labute approximate surface area is 87.9 Å². The number of methoxy groups -OCH3 is 1. The highest BCUT2D eigenvalue weighted by Gasteiger charge is 2.10. The van der Waals surface area contributed by atoms with Crippen LogP contribution in [0, 0.1) is 0 Å². The summed E-state index contributed by atoms with van der Waals surface area (Å²) in [5.74, 6) is 0.285. The van der Waals surface area contributed by atoms with E-state index >= 15 is 0 Å². The molecule has 1 aromatic rings. The summed E-state index contributed by atoms with van der Waals surface area (Å²) < 4.78 is 33.3. The van der Waals surface area contributed by atoms with Gasteiger partial charge in [-0.25, -0.2) is 0 Å². The molecule has 0 fully saturated rings. The highest BCUT2D eigenvalue weighted by atomic mass is 79.9. The van der Waals surface area contributed by atoms with Crippen LogP contribution in [0.15, 0.2) is 16.6 Å². The van der Waals surface area contributed by atoms with E-state index in [0.717, 1.165) is 0 Å². The first-order chi connectivity index (χ1) is 6.54. The molecule has 0 aliphatic heterocycles. The lowest BCUT2D eigenvalue weighted by molar-refractivity contribution is -0.0499. The van der Waals surface area contributed by atoms with Crippen LogP contribution in [-0.2, 0) is 0 Å². The Hall–Kier alpha value is -1.04. The summed E-state index contributed by atoms with van der Waals surface area (Å²) >= 11 is 3.10. The minimum atomic E-state index is -2.87. The molecule has 2 N–H and O–H groups in total. The van der Waals surface area contributed by atoms with Gasteiger partial charge in [0.2, 0.25) is 0 Å². The van der Waals surface area contributed by atoms with Crippen molar-refractivity contribution in [2.45, 2.75) is 6.61 Å². The van der Waals surface area contributed by atoms with Gasteiger partial charge in [-0.3, -0.25) is 0 Å². The summed E-state index contributed by atoms with van der Waals surface area (Å²) in [5, 5.41) is 0. The predicted octanol–water partition coefficient (Wildman–Crippen LogP) is 2.64. The van der Waals surface area contributed by atoms with Crippen molar-refractivity contribution in [3.05, 3.63) is 16.6 Å². The first-order valence-electron chi connectivity index (χ1n) is 3.62. The van der Waals surface area contributed by atoms with Crippen LogP contribution in [0.3, 0.4) is 0 Å². The van der Waals surface area contributed by atoms with Gasteiger partial charge >= 0.3 is 6.61 Å². The van der Waals surface area contributed by atoms with Gasteiger partial charge in [-0.05, 0) is 22.0 Å². The lowest BCUT2D eigenvalue weighted by atomic mass is 10.3. The average Bonchev–Trinajstić information content (AvgIpc) is 2.10. The molecule has 3 nitrogen and oxygen atoms in total. The van der Waals surface area contributed by atoms with E-state index in [1.54, 1.807) is 0 Å². The summed E-state index contributed by atoms with van der Waals surface area (Å²) in [4.78, 5) is 0. The predicted molar refractivity (Wildman–Crippen MR) is 51.7 cm³/mol. The van der Waals surface area contributed by atoms with Crippen molar-refractivity contribution in [3.8, 4) is 11.5 Å². The molecule has 1 rings (SSSR count). The molecule has 0 aliphatic carbocycles. The van der Waals surface area contributed by atoms with Gasteiger partial charge in [-0.1, -0.05) is 0 Å². The first kappa shape index (κ1) is 11.0. The van der Waals surface area contributed by atoms with Gasteiger partial charge in [0, 0.05) is 10.5 Å². The van der Waals surface area contributed by atoms with Crippen molar-refractivity contribution in [1.29, 1.82) is 0 Å². The van der Waals surface area contributed by atoms with Gasteiger partial charge < -0.3 is 15.2 Å². The van der Waals surface area contributed by atoms with Gasteiger partial charge in [0.05, 0.1) is 12.8 Å². The van der Waals surface area contributed by atoms with E-state index in [-0.39, 0.29) is 11.5 Å². The topological polar surface area (TPSA) is 44.5 Å². The second kappa shape index (κ2) is 4.45. The van der Waals surface area contributed by atoms with Crippen LogP contribution in [-0.4, -0.2) is 13.7 Å². The zero-order chi connectivity index (χ0) is 10.7. The molecule has 0 aliphatic rings. The minimum Gasteiger partial charge on any atom is -0.494 e. The largest absolute Gasteiger partial charge is 0.494 e. The van der Waals surface area contributed by atoms with E-state index in [4.69, 9.17) is 10.5 Å². The maximum absolute atomic E-state index is 11.9. The lowest BCUT2D eigenvalue weighted by Crippen LogP contribution is -2.03. The smallest absolute Gasteiger partial charge is 0.387 e. The third-order valence-corrected chi connectivity index (χ3v) is 2.17. The van der Waals surface area contributed by atoms with Crippen LogP contribution in [0.2, 0.25) is 0 Å². The zero-order valence-corrected chi connectivity index (χ0v) is 8.85. The van der Waals surface area contributed by atoms with Crippen molar-refractivity contribution in [2.24, 2.45) is 0 Å². The van der Waals surface area contributed by atoms with Gasteiger partial charge in [0.1, 0.15) is 11.5 Å². The van der Waals surface area contributed by atoms with Crippen molar-refractivity contribution in [2.75, 3.05) is 12.8 Å². The maximum Gasteiger partial charge on any atom is 0.387 e. The Morgan fingerprint density at radius 3 is 2.57 bits per heavy atom. The number of nitrogens with two attached hydrogens (primary N) is 1. The molecule has 0 bridgehead atoms. The molecule has 1 aromatic carbocycles. The molecular weight excluding hydrogens is 260 g/mol. The van der Waals surface area contributed by atoms with E-state index in [0.29, 0.717) is 10.2 Å². The first-order valence-corrected chi connectivity index (χ1v) is 4.41. The highest BCUT2D eigenvalue weighted by molar-refractivity contribution is 9.10. The number of halogens is 3. The third kappa shape index (κ3) is 2.47. The van der Waals surface area contributed by atoms with Gasteiger partial charge in [-0.2, -0.15) is 8.78 Å². The van der Waals surface area contributed by atoms with Crippen LogP contribution >= 0.6 is 15.9 Å². The summed E-state index contributed by atoms with van der Waals surface area (Å²) in [6, 6.07) is 2.65. The molecule has 0 amide bonds. The Balaban J connectivity index is 3.03. The standard InChI is InChI=1S/C8H8BrF2NO2/c1-13-6-3-4(14-8(10)11)2-5(9)7(6)12/h2-3,8H,12H2,1H3. The molecule has 78 valence electrons. The summed E-state index contributed by atoms with van der Waals surface area (Å²) in [5.41, 5.74) is 5.92. The van der Waals surface area contributed by atoms with Crippen LogP contribution in [0.1, 0.15) is 0 Å². The molecule has 0 unspecified atom stereocenters. The number of ether oxygens (including phenoxy) is 2. The molecule has 0 atom stereocenters. The Morgan fingerprint density at radius 2 is 2.07 bits per heavy atom. The molecular formula is C8H8BrF2NO2. The molecule has 0 heterocycles. The van der Waals surface area contributed by atoms with Crippen LogP contribution in [0.25, 0.3) is 0 Å². The maximum atomic E-state index is 11.9. The molecule has 0 saturated heterocycles. The van der Waals surface area contributed by atoms with Crippen LogP contribution < -0.4 is 15.2 Å². The minimum absolute atomic E-state index is 0.00192. The second-order valence-electron chi connectivity index (χ2n) is 2.40. The van der Waals surface area contributed by atoms with Gasteiger partial charge in [0.15, 0.2) is 0 Å². The van der Waals surface area contributed by atoms with Crippen molar-refractivity contribution in [3.63, 3.8) is 0 Å². The van der Waals surface area contributed by atoms with Gasteiger partial charge in [0.25, 0.3) is 0 Å². The summed E-state index contributed by atoms with van der Waals surface area (Å²) in [6.07, 6.45) is 0. The Morgan fingerprint density at radius 1 is 1.43 bits per heavy atom. The summed E-state index contributed by atoms with van der Waals surface area (Å²) in [6.45, 7) is -2.87. The van der Waals surface area contributed by atoms with E-state index in [2.05, 4.69) is 20.7 Å². The highest BCUT2D eigenvalue weighted by Crippen LogP contribution is 2.34. The molecule has 0 spiro atoms. The average molecular weight is 268 g/mol. The SMILES string of the molecule is COc1cc(OC(F)F)cc(Br)c1N. The van der Waals surface area contributed by atoms with E-state index in [9.17, 15) is 8.78 Å². The number of hydrogen-bond acceptors (Lipinski definition) is 3. The van der Waals surface area contributed by atoms with Gasteiger partial charge in [-0.15, -0.1) is 0 Å². The quantitative estimate of drug-likeness (QED) is 0.857. The fourth-order valence-corrected chi connectivity index (χ4v) is 1.33. The Kier molecular flexibility index (Phi) is 3.51. The number of nitrogen functional groups attached to an aromatic ring is 1. The van der Waals surface area contributed by atoms with Crippen molar-refractivity contribution < 1.29 is 18.3 Å². The second-order valence-corrected chi connectivity index (χ2v) is 3.25. The molecule has 0 aromatic heterocycles. The van der Waals surface area contributed by atoms with Crippen molar-refractivity contribution in [1.82, 2.24) is 0 Å². The summed E-state index contributed by atoms with van der Waals surface area (Å²) in [7, 11) is 1.39. The number of hydrogen-bond donors (Lipinski definition) is 1. The number of rotatable bonds is 3. The molecule has 14 heavy (non-hydrogen) atoms. The zero-order valence-electron chi connectivity index (χ0n) is 7.26. The normalized spacial score (nSPS) is 10.4. The third-order valence-electron chi connectivity index (χ3n) is 1.51. The fourth-order valence-electron chi connectivity index (χ4n) is 0.909. The monoisotopic (exact) mass is 267 g/mol. The van der Waals surface area contributed by atoms with E-state index < -0.39 is 6.61 Å².